The molecule has 4 saturated carbocycles. The number of anilines is 9. The van der Waals surface area contributed by atoms with Crippen LogP contribution in [0.15, 0.2) is 249 Å². The summed E-state index contributed by atoms with van der Waals surface area (Å²) in [7, 11) is 0. The number of hydrogen-bond acceptors (Lipinski definition) is 3. The van der Waals surface area contributed by atoms with Crippen LogP contribution in [0.3, 0.4) is 0 Å². The molecule has 7 aliphatic rings. The van der Waals surface area contributed by atoms with Crippen LogP contribution in [-0.2, 0) is 10.8 Å². The van der Waals surface area contributed by atoms with Crippen molar-refractivity contribution in [1.29, 1.82) is 0 Å². The molecule has 0 N–H and O–H groups in total. The predicted molar refractivity (Wildman–Crippen MR) is 312 cm³/mol. The lowest BCUT2D eigenvalue weighted by molar-refractivity contribution is -0.00514. The van der Waals surface area contributed by atoms with Crippen molar-refractivity contribution in [3.8, 4) is 11.1 Å². The highest BCUT2D eigenvalue weighted by Gasteiger charge is 2.54. The summed E-state index contributed by atoms with van der Waals surface area (Å²) >= 11 is 0. The first-order valence-electron chi connectivity index (χ1n) is 27.5. The summed E-state index contributed by atoms with van der Waals surface area (Å²) in [6.07, 6.45) is 8.10. The van der Waals surface area contributed by atoms with Crippen LogP contribution in [0.1, 0.15) is 66.3 Å². The van der Waals surface area contributed by atoms with E-state index in [4.69, 9.17) is 0 Å². The standard InChI is InChI=1S/C71H56BN3/c1-6-20-51(21-7-1)71(52-22-8-2-9-23-52)61-31-17-16-30-59(61)60-36-34-57(43-62(60)71)75-66-44-58(73(54-24-10-3-11-25-54)55-26-12-4-13-27-55)35-37-64(66)72-63-32-18-19-33-65(63)74(56-28-14-5-15-29-56)67-41-53(42-68(75)69(67)72)70-45-48-38-49(46-70)40-50(39-48)47-70/h1-37,41-44,48-50H,38-40,45-47H2. The summed E-state index contributed by atoms with van der Waals surface area (Å²) in [4.78, 5) is 7.77. The molecule has 0 unspecified atom stereocenters. The topological polar surface area (TPSA) is 9.72 Å². The summed E-state index contributed by atoms with van der Waals surface area (Å²) in [6, 6.07) is 94.4. The Balaban J connectivity index is 1.01. The summed E-state index contributed by atoms with van der Waals surface area (Å²) in [6.45, 7) is 0.00480. The molecule has 0 saturated heterocycles. The van der Waals surface area contributed by atoms with E-state index in [-0.39, 0.29) is 12.1 Å². The molecule has 10 aromatic rings. The van der Waals surface area contributed by atoms with Gasteiger partial charge >= 0.3 is 0 Å². The van der Waals surface area contributed by atoms with E-state index in [1.54, 1.807) is 0 Å². The van der Waals surface area contributed by atoms with Gasteiger partial charge in [0.2, 0.25) is 0 Å². The second kappa shape index (κ2) is 16.6. The third-order valence-corrected chi connectivity index (χ3v) is 18.6. The molecule has 0 spiro atoms. The highest BCUT2D eigenvalue weighted by molar-refractivity contribution is 7.00. The van der Waals surface area contributed by atoms with E-state index in [1.807, 2.05) is 0 Å². The van der Waals surface area contributed by atoms with Gasteiger partial charge < -0.3 is 14.7 Å². The largest absolute Gasteiger partial charge is 0.311 e. The van der Waals surface area contributed by atoms with E-state index in [0.717, 1.165) is 34.8 Å². The zero-order valence-electron chi connectivity index (χ0n) is 42.1. The molecule has 10 aromatic carbocycles. The van der Waals surface area contributed by atoms with Gasteiger partial charge in [-0.3, -0.25) is 0 Å². The van der Waals surface area contributed by atoms with Crippen LogP contribution in [-0.4, -0.2) is 6.71 Å². The average molecular weight is 962 g/mol. The first-order valence-corrected chi connectivity index (χ1v) is 27.5. The van der Waals surface area contributed by atoms with Crippen LogP contribution >= 0.6 is 0 Å². The van der Waals surface area contributed by atoms with Crippen LogP contribution in [0.4, 0.5) is 51.2 Å². The Morgan fingerprint density at radius 2 is 0.867 bits per heavy atom. The molecule has 0 atom stereocenters. The van der Waals surface area contributed by atoms with Crippen molar-refractivity contribution in [3.05, 3.63) is 277 Å². The van der Waals surface area contributed by atoms with E-state index in [1.165, 1.54) is 128 Å². The molecule has 5 aliphatic carbocycles. The van der Waals surface area contributed by atoms with E-state index in [9.17, 15) is 0 Å². The third kappa shape index (κ3) is 6.35. The first-order chi connectivity index (χ1) is 37.1. The van der Waals surface area contributed by atoms with Gasteiger partial charge in [-0.1, -0.05) is 170 Å². The number of fused-ring (bicyclic) bond motifs is 7. The van der Waals surface area contributed by atoms with Gasteiger partial charge in [0.15, 0.2) is 0 Å². The molecule has 2 heterocycles. The smallest absolute Gasteiger partial charge is 0.252 e. The zero-order chi connectivity index (χ0) is 49.2. The van der Waals surface area contributed by atoms with Gasteiger partial charge in [0.25, 0.3) is 6.71 Å². The van der Waals surface area contributed by atoms with Crippen molar-refractivity contribution in [1.82, 2.24) is 0 Å². The van der Waals surface area contributed by atoms with E-state index < -0.39 is 5.41 Å². The molecular formula is C71H56BN3. The Bertz CT molecular complexity index is 3720. The fourth-order valence-electron chi connectivity index (χ4n) is 16.1. The Hall–Kier alpha value is -8.34. The summed E-state index contributed by atoms with van der Waals surface area (Å²) in [5.74, 6) is 2.43. The molecule has 358 valence electrons. The third-order valence-electron chi connectivity index (χ3n) is 18.6. The van der Waals surface area contributed by atoms with Crippen molar-refractivity contribution < 1.29 is 0 Å². The van der Waals surface area contributed by atoms with Crippen molar-refractivity contribution >= 4 is 74.3 Å². The Kier molecular flexibility index (Phi) is 9.53. The van der Waals surface area contributed by atoms with Crippen LogP contribution in [0, 0.1) is 17.8 Å². The van der Waals surface area contributed by atoms with Gasteiger partial charge in [0, 0.05) is 51.2 Å². The van der Waals surface area contributed by atoms with E-state index in [2.05, 4.69) is 263 Å². The maximum absolute atomic E-state index is 2.72. The second-order valence-electron chi connectivity index (χ2n) is 22.6. The highest BCUT2D eigenvalue weighted by Crippen LogP contribution is 2.63. The molecular weight excluding hydrogens is 906 g/mol. The first kappa shape index (κ1) is 43.1. The van der Waals surface area contributed by atoms with Crippen molar-refractivity contribution in [2.24, 2.45) is 17.8 Å². The molecule has 4 fully saturated rings. The number of rotatable bonds is 8. The van der Waals surface area contributed by atoms with Crippen LogP contribution in [0.25, 0.3) is 11.1 Å². The van der Waals surface area contributed by atoms with E-state index in [0.29, 0.717) is 0 Å². The average Bonchev–Trinajstić information content (AvgIpc) is 3.78. The SMILES string of the molecule is c1ccc(N(c2ccccc2)c2ccc3c(c2)N(c2ccc4c(c2)C(c2ccccc2)(c2ccccc2)c2ccccc2-4)c2cc(C45CC6CC(CC(C6)C4)C5)cc4c2B3c2ccccc2N4c2ccccc2)cc1. The number of para-hydroxylation sites is 4. The molecule has 17 rings (SSSR count). The molecule has 3 nitrogen and oxygen atoms in total. The lowest BCUT2D eigenvalue weighted by Crippen LogP contribution is -2.61. The molecule has 4 heteroatoms. The maximum atomic E-state index is 2.72. The quantitative estimate of drug-likeness (QED) is 0.141. The molecule has 2 aliphatic heterocycles. The lowest BCUT2D eigenvalue weighted by atomic mass is 9.33. The van der Waals surface area contributed by atoms with Crippen LogP contribution in [0.2, 0.25) is 0 Å². The number of hydrogen-bond donors (Lipinski definition) is 0. The minimum atomic E-state index is -0.547. The van der Waals surface area contributed by atoms with Crippen LogP contribution < -0.4 is 31.1 Å². The molecule has 0 amide bonds. The monoisotopic (exact) mass is 961 g/mol. The Morgan fingerprint density at radius 3 is 1.49 bits per heavy atom. The van der Waals surface area contributed by atoms with Gasteiger partial charge in [-0.05, 0) is 196 Å². The second-order valence-corrected chi connectivity index (χ2v) is 22.6. The Morgan fingerprint density at radius 1 is 0.360 bits per heavy atom. The molecule has 4 bridgehead atoms. The predicted octanol–water partition coefficient (Wildman–Crippen LogP) is 16.1. The fourth-order valence-corrected chi connectivity index (χ4v) is 16.1. The van der Waals surface area contributed by atoms with Gasteiger partial charge in [0.05, 0.1) is 5.41 Å². The lowest BCUT2D eigenvalue weighted by Gasteiger charge is -2.57. The van der Waals surface area contributed by atoms with Crippen molar-refractivity contribution in [3.63, 3.8) is 0 Å². The number of nitrogens with zero attached hydrogens (tertiary/aromatic N) is 3. The maximum Gasteiger partial charge on any atom is 0.252 e. The van der Waals surface area contributed by atoms with Gasteiger partial charge in [-0.25, -0.2) is 0 Å². The Labute approximate surface area is 441 Å². The summed E-state index contributed by atoms with van der Waals surface area (Å²) in [5.41, 5.74) is 23.8. The van der Waals surface area contributed by atoms with Gasteiger partial charge in [-0.2, -0.15) is 0 Å². The zero-order valence-corrected chi connectivity index (χ0v) is 42.1. The fraction of sp³-hybridized carbons (Fsp3) is 0.155. The van der Waals surface area contributed by atoms with Crippen molar-refractivity contribution in [2.75, 3.05) is 14.7 Å². The van der Waals surface area contributed by atoms with Gasteiger partial charge in [0.1, 0.15) is 0 Å². The normalized spacial score (nSPS) is 20.7. The minimum Gasteiger partial charge on any atom is -0.311 e. The molecule has 75 heavy (non-hydrogen) atoms. The minimum absolute atomic E-state index is 0.00480. The number of benzene rings is 10. The van der Waals surface area contributed by atoms with Crippen LogP contribution in [0.5, 0.6) is 0 Å². The van der Waals surface area contributed by atoms with E-state index >= 15 is 0 Å². The summed E-state index contributed by atoms with van der Waals surface area (Å²) in [5, 5.41) is 0. The van der Waals surface area contributed by atoms with Gasteiger partial charge in [-0.15, -0.1) is 0 Å². The highest BCUT2D eigenvalue weighted by atomic mass is 15.2. The van der Waals surface area contributed by atoms with Crippen molar-refractivity contribution in [2.45, 2.75) is 49.4 Å². The molecule has 0 radical (unpaired) electrons. The molecule has 0 aromatic heterocycles. The summed E-state index contributed by atoms with van der Waals surface area (Å²) < 4.78 is 0.